The first kappa shape index (κ1) is 28.8. The molecule has 40 heavy (non-hydrogen) atoms. The van der Waals surface area contributed by atoms with Crippen LogP contribution in [0.4, 0.5) is 0 Å². The summed E-state index contributed by atoms with van der Waals surface area (Å²) in [4.78, 5) is 43.5. The maximum Gasteiger partial charge on any atom is 0.338 e. The minimum absolute atomic E-state index is 0.00656. The number of thiazole rings is 1. The molecular weight excluding hydrogens is 532 g/mol. The van der Waals surface area contributed by atoms with E-state index in [-0.39, 0.29) is 18.3 Å². The second-order valence-electron chi connectivity index (χ2n) is 9.27. The zero-order valence-electron chi connectivity index (χ0n) is 23.3. The fourth-order valence-corrected chi connectivity index (χ4v) is 5.43. The van der Waals surface area contributed by atoms with Gasteiger partial charge in [-0.15, -0.1) is 0 Å². The lowest BCUT2D eigenvalue weighted by atomic mass is 9.96. The minimum Gasteiger partial charge on any atom is -0.491 e. The molecule has 210 valence electrons. The van der Waals surface area contributed by atoms with Crippen molar-refractivity contribution >= 4 is 29.4 Å². The molecule has 0 N–H and O–H groups in total. The molecule has 0 saturated carbocycles. The normalized spacial score (nSPS) is 15.0. The second-order valence-corrected chi connectivity index (χ2v) is 10.3. The smallest absolute Gasteiger partial charge is 0.338 e. The molecule has 1 aliphatic heterocycles. The van der Waals surface area contributed by atoms with E-state index in [4.69, 9.17) is 18.9 Å². The van der Waals surface area contributed by atoms with Crippen LogP contribution in [0.2, 0.25) is 0 Å². The van der Waals surface area contributed by atoms with Gasteiger partial charge in [0.15, 0.2) is 16.3 Å². The van der Waals surface area contributed by atoms with Gasteiger partial charge in [-0.3, -0.25) is 14.2 Å². The summed E-state index contributed by atoms with van der Waals surface area (Å²) in [7, 11) is 0. The number of carbonyl (C=O) groups is 2. The Morgan fingerprint density at radius 2 is 1.80 bits per heavy atom. The summed E-state index contributed by atoms with van der Waals surface area (Å²) in [5.41, 5.74) is 1.90. The largest absolute Gasteiger partial charge is 0.491 e. The van der Waals surface area contributed by atoms with Crippen molar-refractivity contribution in [1.82, 2.24) is 4.57 Å². The number of hydrogen-bond donors (Lipinski definition) is 0. The van der Waals surface area contributed by atoms with Gasteiger partial charge in [-0.05, 0) is 76.1 Å². The molecule has 0 fully saturated rings. The van der Waals surface area contributed by atoms with Gasteiger partial charge in [0.1, 0.15) is 5.75 Å². The quantitative estimate of drug-likeness (QED) is 0.287. The summed E-state index contributed by atoms with van der Waals surface area (Å²) in [6, 6.07) is 11.7. The van der Waals surface area contributed by atoms with Gasteiger partial charge < -0.3 is 18.9 Å². The van der Waals surface area contributed by atoms with Crippen molar-refractivity contribution in [2.75, 3.05) is 13.2 Å². The number of carbonyl (C=O) groups excluding carboxylic acids is 2. The molecule has 2 aromatic carbocycles. The fourth-order valence-electron chi connectivity index (χ4n) is 4.38. The van der Waals surface area contributed by atoms with Gasteiger partial charge in [-0.25, -0.2) is 9.79 Å². The van der Waals surface area contributed by atoms with E-state index in [2.05, 4.69) is 4.99 Å². The van der Waals surface area contributed by atoms with Gasteiger partial charge in [0.25, 0.3) is 5.56 Å². The third kappa shape index (κ3) is 6.17. The third-order valence-corrected chi connectivity index (χ3v) is 6.89. The average Bonchev–Trinajstić information content (AvgIpc) is 3.19. The van der Waals surface area contributed by atoms with E-state index in [1.165, 1.54) is 22.8 Å². The Morgan fingerprint density at radius 1 is 1.07 bits per heavy atom. The van der Waals surface area contributed by atoms with Crippen molar-refractivity contribution in [2.45, 2.75) is 53.7 Å². The lowest BCUT2D eigenvalue weighted by Gasteiger charge is -2.25. The molecule has 0 bridgehead atoms. The van der Waals surface area contributed by atoms with Gasteiger partial charge in [0.2, 0.25) is 0 Å². The molecule has 10 heteroatoms. The number of allylic oxidation sites excluding steroid dienone is 1. The molecule has 9 nitrogen and oxygen atoms in total. The van der Waals surface area contributed by atoms with Crippen LogP contribution in [0.1, 0.15) is 58.7 Å². The highest BCUT2D eigenvalue weighted by atomic mass is 32.1. The van der Waals surface area contributed by atoms with Crippen LogP contribution in [0.15, 0.2) is 63.5 Å². The summed E-state index contributed by atoms with van der Waals surface area (Å²) in [5, 5.41) is 0. The maximum absolute atomic E-state index is 13.9. The molecule has 0 unspecified atom stereocenters. The lowest BCUT2D eigenvalue weighted by molar-refractivity contribution is -0.139. The molecule has 0 spiro atoms. The van der Waals surface area contributed by atoms with E-state index < -0.39 is 18.0 Å². The Kier molecular flexibility index (Phi) is 8.89. The van der Waals surface area contributed by atoms with Crippen LogP contribution >= 0.6 is 11.3 Å². The fraction of sp³-hybridized carbons (Fsp3) is 0.333. The highest BCUT2D eigenvalue weighted by Crippen LogP contribution is 2.32. The predicted molar refractivity (Wildman–Crippen MR) is 152 cm³/mol. The first-order chi connectivity index (χ1) is 19.1. The Bertz CT molecular complexity index is 1630. The number of esters is 2. The molecule has 2 heterocycles. The molecule has 0 saturated heterocycles. The number of aromatic nitrogens is 1. The number of nitrogens with zero attached hydrogens (tertiary/aromatic N) is 2. The van der Waals surface area contributed by atoms with Crippen molar-refractivity contribution in [2.24, 2.45) is 4.99 Å². The summed E-state index contributed by atoms with van der Waals surface area (Å²) in [6.07, 6.45) is 1.73. The molecular formula is C30H32N2O7S. The Hall–Kier alpha value is -4.18. The van der Waals surface area contributed by atoms with Crippen LogP contribution in [0.5, 0.6) is 17.2 Å². The molecule has 4 rings (SSSR count). The third-order valence-electron chi connectivity index (χ3n) is 5.90. The molecule has 1 aliphatic rings. The Balaban J connectivity index is 1.86. The maximum atomic E-state index is 13.9. The topological polar surface area (TPSA) is 105 Å². The van der Waals surface area contributed by atoms with Crippen molar-refractivity contribution < 1.29 is 28.5 Å². The van der Waals surface area contributed by atoms with Crippen molar-refractivity contribution in [3.63, 3.8) is 0 Å². The predicted octanol–water partition coefficient (Wildman–Crippen LogP) is 3.91. The highest BCUT2D eigenvalue weighted by molar-refractivity contribution is 7.07. The monoisotopic (exact) mass is 564 g/mol. The van der Waals surface area contributed by atoms with E-state index in [9.17, 15) is 14.4 Å². The van der Waals surface area contributed by atoms with Crippen LogP contribution in [0.3, 0.4) is 0 Å². The Morgan fingerprint density at radius 3 is 2.42 bits per heavy atom. The van der Waals surface area contributed by atoms with Gasteiger partial charge in [-0.1, -0.05) is 29.5 Å². The van der Waals surface area contributed by atoms with Gasteiger partial charge >= 0.3 is 11.9 Å². The number of ether oxygens (including phenoxy) is 4. The SMILES string of the molecule is CCOC(=O)C1=C(C)N=c2s/c(=C\c3ccc(OC(C)=O)c(OCC)c3)c(=O)n2[C@@H]1c1ccc(OC(C)C)cc1. The summed E-state index contributed by atoms with van der Waals surface area (Å²) in [6.45, 7) is 11.1. The van der Waals surface area contributed by atoms with E-state index in [0.29, 0.717) is 50.0 Å². The van der Waals surface area contributed by atoms with Crippen molar-refractivity contribution in [3.8, 4) is 17.2 Å². The van der Waals surface area contributed by atoms with Gasteiger partial charge in [-0.2, -0.15) is 0 Å². The zero-order valence-corrected chi connectivity index (χ0v) is 24.2. The molecule has 1 aromatic heterocycles. The number of rotatable bonds is 9. The van der Waals surface area contributed by atoms with Crippen LogP contribution < -0.4 is 29.1 Å². The van der Waals surface area contributed by atoms with Gasteiger partial charge in [0, 0.05) is 6.92 Å². The Labute approximate surface area is 236 Å². The first-order valence-corrected chi connectivity index (χ1v) is 13.9. The minimum atomic E-state index is -0.726. The van der Waals surface area contributed by atoms with E-state index in [1.807, 2.05) is 45.0 Å². The molecule has 0 amide bonds. The number of hydrogen-bond acceptors (Lipinski definition) is 9. The lowest BCUT2D eigenvalue weighted by Crippen LogP contribution is -2.39. The average molecular weight is 565 g/mol. The standard InChI is InChI=1S/C30H32N2O7S/c1-7-36-24-15-20(9-14-23(24)39-19(6)33)16-25-28(34)32-27(21-10-12-22(13-11-21)38-17(3)4)26(29(35)37-8-2)18(5)31-30(32)40-25/h9-17,27H,7-8H2,1-6H3/b25-16-/t27-/m1/s1. The molecule has 3 aromatic rings. The first-order valence-electron chi connectivity index (χ1n) is 13.0. The molecule has 0 aliphatic carbocycles. The van der Waals surface area contributed by atoms with Crippen molar-refractivity contribution in [1.29, 1.82) is 0 Å². The molecule has 0 radical (unpaired) electrons. The van der Waals surface area contributed by atoms with Crippen LogP contribution in [0.25, 0.3) is 6.08 Å². The van der Waals surface area contributed by atoms with E-state index in [1.54, 1.807) is 38.1 Å². The number of benzene rings is 2. The second kappa shape index (κ2) is 12.3. The van der Waals surface area contributed by atoms with Crippen LogP contribution in [0, 0.1) is 0 Å². The van der Waals surface area contributed by atoms with Crippen molar-refractivity contribution in [3.05, 3.63) is 84.5 Å². The number of fused-ring (bicyclic) bond motifs is 1. The van der Waals surface area contributed by atoms with Crippen LogP contribution in [-0.4, -0.2) is 35.8 Å². The summed E-state index contributed by atoms with van der Waals surface area (Å²) in [5.74, 6) is 0.396. The zero-order chi connectivity index (χ0) is 29.0. The van der Waals surface area contributed by atoms with Gasteiger partial charge in [0.05, 0.1) is 41.2 Å². The van der Waals surface area contributed by atoms with Crippen LogP contribution in [-0.2, 0) is 14.3 Å². The van der Waals surface area contributed by atoms with E-state index >= 15 is 0 Å². The molecule has 1 atom stereocenters. The highest BCUT2D eigenvalue weighted by Gasteiger charge is 2.33. The van der Waals surface area contributed by atoms with E-state index in [0.717, 1.165) is 5.56 Å². The summed E-state index contributed by atoms with van der Waals surface area (Å²) < 4.78 is 24.0. The summed E-state index contributed by atoms with van der Waals surface area (Å²) >= 11 is 1.22.